The second kappa shape index (κ2) is 6.89. The summed E-state index contributed by atoms with van der Waals surface area (Å²) >= 11 is 0. The maximum absolute atomic E-state index is 8.85. The zero-order chi connectivity index (χ0) is 11.0. The molecule has 0 unspecified atom stereocenters. The first-order chi connectivity index (χ1) is 6.64. The highest BCUT2D eigenvalue weighted by molar-refractivity contribution is 6.65. The van der Waals surface area contributed by atoms with E-state index < -0.39 is 0 Å². The molecule has 2 nitrogen and oxygen atoms in total. The molecule has 0 radical (unpaired) electrons. The lowest BCUT2D eigenvalue weighted by molar-refractivity contribution is 0.270. The van der Waals surface area contributed by atoms with E-state index in [2.05, 4.69) is 25.1 Å². The Bertz CT molecular complexity index is 182. The number of nitrogens with one attached hydrogen (secondary N) is 1. The number of nitrogens with zero attached hydrogens (tertiary/aromatic N) is 1. The molecule has 3 heteroatoms. The third-order valence-corrected chi connectivity index (χ3v) is 3.36. The van der Waals surface area contributed by atoms with E-state index in [1.54, 1.807) is 0 Å². The van der Waals surface area contributed by atoms with Crippen LogP contribution in [0, 0.1) is 16.6 Å². The largest absolute Gasteiger partial charge is 0.320 e. The lowest BCUT2D eigenvalue weighted by Crippen LogP contribution is -2.28. The van der Waals surface area contributed by atoms with Gasteiger partial charge in [0.05, 0.1) is 0 Å². The standard InChI is InChI=1S/C11H23BN2/c1-5-11(6-2,7-8-14-4)9-12(3)10-13/h14H,5-9H2,1-4H3. The summed E-state index contributed by atoms with van der Waals surface area (Å²) in [6.07, 6.45) is 4.58. The maximum atomic E-state index is 8.85. The van der Waals surface area contributed by atoms with Gasteiger partial charge in [-0.2, -0.15) is 0 Å². The summed E-state index contributed by atoms with van der Waals surface area (Å²) in [5.41, 5.74) is 0.373. The zero-order valence-electron chi connectivity index (χ0n) is 10.1. The van der Waals surface area contributed by atoms with E-state index in [1.165, 1.54) is 19.3 Å². The third-order valence-electron chi connectivity index (χ3n) is 3.36. The fourth-order valence-corrected chi connectivity index (χ4v) is 2.08. The molecule has 0 spiro atoms. The van der Waals surface area contributed by atoms with Gasteiger partial charge in [-0.1, -0.05) is 39.8 Å². The van der Waals surface area contributed by atoms with Crippen LogP contribution in [0.25, 0.3) is 0 Å². The van der Waals surface area contributed by atoms with Gasteiger partial charge in [-0.15, -0.1) is 0 Å². The quantitative estimate of drug-likeness (QED) is 0.632. The molecule has 0 amide bonds. The molecule has 1 N–H and O–H groups in total. The first kappa shape index (κ1) is 13.5. The molecular weight excluding hydrogens is 171 g/mol. The zero-order valence-corrected chi connectivity index (χ0v) is 10.1. The first-order valence-electron chi connectivity index (χ1n) is 5.68. The number of rotatable bonds is 7. The van der Waals surface area contributed by atoms with Gasteiger partial charge in [0.1, 0.15) is 0 Å². The first-order valence-corrected chi connectivity index (χ1v) is 5.68. The average Bonchev–Trinajstić information content (AvgIpc) is 2.24. The average molecular weight is 194 g/mol. The summed E-state index contributed by atoms with van der Waals surface area (Å²) in [6.45, 7) is 7.75. The molecular formula is C11H23BN2. The molecule has 0 aromatic rings. The van der Waals surface area contributed by atoms with E-state index in [0.29, 0.717) is 5.41 Å². The van der Waals surface area contributed by atoms with Gasteiger partial charge in [0.25, 0.3) is 6.71 Å². The van der Waals surface area contributed by atoms with E-state index in [1.807, 2.05) is 13.9 Å². The lowest BCUT2D eigenvalue weighted by Gasteiger charge is -2.32. The van der Waals surface area contributed by atoms with Crippen LogP contribution in [0.1, 0.15) is 33.1 Å². The molecule has 0 atom stereocenters. The topological polar surface area (TPSA) is 35.8 Å². The van der Waals surface area contributed by atoms with Crippen molar-refractivity contribution in [2.45, 2.75) is 46.3 Å². The molecule has 0 rings (SSSR count). The van der Waals surface area contributed by atoms with Gasteiger partial charge in [0, 0.05) is 5.97 Å². The van der Waals surface area contributed by atoms with Gasteiger partial charge in [0.2, 0.25) is 0 Å². The molecule has 0 aliphatic rings. The van der Waals surface area contributed by atoms with Crippen LogP contribution in [0.2, 0.25) is 13.1 Å². The Balaban J connectivity index is 4.29. The van der Waals surface area contributed by atoms with Crippen molar-refractivity contribution in [2.24, 2.45) is 5.41 Å². The molecule has 0 aliphatic carbocycles. The van der Waals surface area contributed by atoms with Crippen molar-refractivity contribution in [3.63, 3.8) is 0 Å². The molecule has 80 valence electrons. The van der Waals surface area contributed by atoms with Crippen LogP contribution in [0.5, 0.6) is 0 Å². The maximum Gasteiger partial charge on any atom is 0.265 e. The Hall–Kier alpha value is -0.485. The van der Waals surface area contributed by atoms with Gasteiger partial charge >= 0.3 is 0 Å². The van der Waals surface area contributed by atoms with Crippen LogP contribution in [0.4, 0.5) is 0 Å². The third kappa shape index (κ3) is 4.15. The summed E-state index contributed by atoms with van der Waals surface area (Å²) < 4.78 is 0. The van der Waals surface area contributed by atoms with Crippen LogP contribution < -0.4 is 5.32 Å². The van der Waals surface area contributed by atoms with Crippen molar-refractivity contribution in [1.82, 2.24) is 5.32 Å². The van der Waals surface area contributed by atoms with Crippen molar-refractivity contribution in [3.05, 3.63) is 0 Å². The summed E-state index contributed by atoms with van der Waals surface area (Å²) in [5.74, 6) is 2.34. The molecule has 0 fully saturated rings. The van der Waals surface area contributed by atoms with Gasteiger partial charge in [0.15, 0.2) is 0 Å². The van der Waals surface area contributed by atoms with Crippen LogP contribution in [0.15, 0.2) is 0 Å². The minimum absolute atomic E-state index is 0.187. The van der Waals surface area contributed by atoms with E-state index >= 15 is 0 Å². The van der Waals surface area contributed by atoms with Gasteiger partial charge in [-0.25, -0.2) is 5.26 Å². The Morgan fingerprint density at radius 1 is 1.36 bits per heavy atom. The minimum atomic E-state index is 0.187. The van der Waals surface area contributed by atoms with Crippen LogP contribution >= 0.6 is 0 Å². The summed E-state index contributed by atoms with van der Waals surface area (Å²) in [4.78, 5) is 0. The second-order valence-corrected chi connectivity index (χ2v) is 4.29. The SMILES string of the molecule is CCC(CC)(CCNC)CB(C)C#N. The number of hydrogen-bond acceptors (Lipinski definition) is 2. The fourth-order valence-electron chi connectivity index (χ4n) is 2.08. The van der Waals surface area contributed by atoms with E-state index in [4.69, 9.17) is 5.26 Å². The van der Waals surface area contributed by atoms with E-state index in [0.717, 1.165) is 12.9 Å². The highest BCUT2D eigenvalue weighted by atomic mass is 14.8. The van der Waals surface area contributed by atoms with Crippen molar-refractivity contribution in [2.75, 3.05) is 13.6 Å². The molecule has 0 aromatic carbocycles. The molecule has 0 bridgehead atoms. The van der Waals surface area contributed by atoms with Crippen molar-refractivity contribution < 1.29 is 0 Å². The highest BCUT2D eigenvalue weighted by Crippen LogP contribution is 2.35. The van der Waals surface area contributed by atoms with E-state index in [-0.39, 0.29) is 6.71 Å². The smallest absolute Gasteiger partial charge is 0.265 e. The Kier molecular flexibility index (Phi) is 6.65. The fraction of sp³-hybridized carbons (Fsp3) is 0.909. The molecule has 0 saturated carbocycles. The summed E-state index contributed by atoms with van der Waals surface area (Å²) in [7, 11) is 1.99. The highest BCUT2D eigenvalue weighted by Gasteiger charge is 2.28. The normalized spacial score (nSPS) is 11.1. The van der Waals surface area contributed by atoms with Gasteiger partial charge in [-0.05, 0) is 25.4 Å². The van der Waals surface area contributed by atoms with E-state index in [9.17, 15) is 0 Å². The van der Waals surface area contributed by atoms with Gasteiger partial charge < -0.3 is 5.32 Å². The van der Waals surface area contributed by atoms with Crippen LogP contribution in [-0.4, -0.2) is 20.3 Å². The Morgan fingerprint density at radius 2 is 1.93 bits per heavy atom. The predicted molar refractivity (Wildman–Crippen MR) is 63.6 cm³/mol. The monoisotopic (exact) mass is 194 g/mol. The van der Waals surface area contributed by atoms with Crippen molar-refractivity contribution >= 4 is 6.71 Å². The molecule has 0 saturated heterocycles. The van der Waals surface area contributed by atoms with Crippen molar-refractivity contribution in [1.29, 1.82) is 5.26 Å². The Morgan fingerprint density at radius 3 is 2.29 bits per heavy atom. The minimum Gasteiger partial charge on any atom is -0.320 e. The summed E-state index contributed by atoms with van der Waals surface area (Å²) in [5, 5.41) is 12.0. The molecule has 0 aromatic heterocycles. The summed E-state index contributed by atoms with van der Waals surface area (Å²) in [6, 6.07) is 0. The van der Waals surface area contributed by atoms with Crippen LogP contribution in [0.3, 0.4) is 0 Å². The molecule has 14 heavy (non-hydrogen) atoms. The Labute approximate surface area is 89.2 Å². The molecule has 0 heterocycles. The lowest BCUT2D eigenvalue weighted by atomic mass is 9.44. The number of hydrogen-bond donors (Lipinski definition) is 1. The second-order valence-electron chi connectivity index (χ2n) is 4.29. The predicted octanol–water partition coefficient (Wildman–Crippen LogP) is 2.59. The molecule has 0 aliphatic heterocycles. The van der Waals surface area contributed by atoms with Gasteiger partial charge in [-0.3, -0.25) is 0 Å². The van der Waals surface area contributed by atoms with Crippen LogP contribution in [-0.2, 0) is 0 Å². The number of nitriles is 1. The van der Waals surface area contributed by atoms with Crippen molar-refractivity contribution in [3.8, 4) is 5.97 Å².